The van der Waals surface area contributed by atoms with Gasteiger partial charge < -0.3 is 5.32 Å². The van der Waals surface area contributed by atoms with Gasteiger partial charge in [-0.2, -0.15) is 0 Å². The molecule has 14 heavy (non-hydrogen) atoms. The van der Waals surface area contributed by atoms with Crippen LogP contribution in [0.15, 0.2) is 30.3 Å². The molecule has 0 saturated heterocycles. The molecule has 0 heterocycles. The first-order valence-electron chi connectivity index (χ1n) is 4.47. The average molecular weight is 191 g/mol. The second kappa shape index (κ2) is 4.56. The third-order valence-electron chi connectivity index (χ3n) is 1.97. The lowest BCUT2D eigenvalue weighted by atomic mass is 10.1. The first kappa shape index (κ1) is 10.4. The number of hydrogen-bond acceptors (Lipinski definition) is 2. The van der Waals surface area contributed by atoms with Crippen molar-refractivity contribution in [2.24, 2.45) is 0 Å². The molecule has 0 saturated carbocycles. The van der Waals surface area contributed by atoms with Crippen LogP contribution in [0.1, 0.15) is 25.5 Å². The highest BCUT2D eigenvalue weighted by molar-refractivity contribution is 6.35. The number of carbonyl (C=O) groups excluding carboxylic acids is 2. The number of rotatable bonds is 3. The standard InChI is InChI=1S/C11H13NO2/c1-8(12-11(14)9(2)13)10-6-4-3-5-7-10/h3-8H,1-2H3,(H,12,14)/t8-/m1/s1. The lowest BCUT2D eigenvalue weighted by Crippen LogP contribution is -2.31. The van der Waals surface area contributed by atoms with Gasteiger partial charge in [0.15, 0.2) is 0 Å². The van der Waals surface area contributed by atoms with Crippen LogP contribution in [-0.4, -0.2) is 11.7 Å². The summed E-state index contributed by atoms with van der Waals surface area (Å²) < 4.78 is 0. The summed E-state index contributed by atoms with van der Waals surface area (Å²) in [4.78, 5) is 21.8. The predicted octanol–water partition coefficient (Wildman–Crippen LogP) is 1.45. The number of Topliss-reactive ketones (excluding diaryl/α,β-unsaturated/α-hetero) is 1. The van der Waals surface area contributed by atoms with E-state index in [0.29, 0.717) is 0 Å². The van der Waals surface area contributed by atoms with Gasteiger partial charge in [0.05, 0.1) is 6.04 Å². The molecule has 0 radical (unpaired) electrons. The summed E-state index contributed by atoms with van der Waals surface area (Å²) in [5, 5.41) is 2.61. The molecule has 0 spiro atoms. The Morgan fingerprint density at radius 2 is 1.79 bits per heavy atom. The third-order valence-corrected chi connectivity index (χ3v) is 1.97. The third kappa shape index (κ3) is 2.69. The summed E-state index contributed by atoms with van der Waals surface area (Å²) in [5.74, 6) is -1.01. The van der Waals surface area contributed by atoms with Crippen LogP contribution in [0.5, 0.6) is 0 Å². The maximum atomic E-state index is 11.1. The van der Waals surface area contributed by atoms with Crippen molar-refractivity contribution in [3.8, 4) is 0 Å². The summed E-state index contributed by atoms with van der Waals surface area (Å²) >= 11 is 0. The van der Waals surface area contributed by atoms with Crippen molar-refractivity contribution in [3.63, 3.8) is 0 Å². The van der Waals surface area contributed by atoms with Gasteiger partial charge in [0, 0.05) is 6.92 Å². The lowest BCUT2D eigenvalue weighted by molar-refractivity contribution is -0.137. The Balaban J connectivity index is 2.64. The van der Waals surface area contributed by atoms with Gasteiger partial charge in [0.2, 0.25) is 5.78 Å². The van der Waals surface area contributed by atoms with E-state index in [1.54, 1.807) is 0 Å². The molecule has 1 amide bonds. The van der Waals surface area contributed by atoms with E-state index >= 15 is 0 Å². The van der Waals surface area contributed by atoms with E-state index in [-0.39, 0.29) is 6.04 Å². The number of ketones is 1. The van der Waals surface area contributed by atoms with Crippen LogP contribution >= 0.6 is 0 Å². The van der Waals surface area contributed by atoms with Crippen molar-refractivity contribution in [1.29, 1.82) is 0 Å². The van der Waals surface area contributed by atoms with Gasteiger partial charge in [-0.3, -0.25) is 9.59 Å². The zero-order valence-corrected chi connectivity index (χ0v) is 8.28. The molecule has 1 rings (SSSR count). The van der Waals surface area contributed by atoms with Crippen molar-refractivity contribution in [2.45, 2.75) is 19.9 Å². The Hall–Kier alpha value is -1.64. The summed E-state index contributed by atoms with van der Waals surface area (Å²) in [6.45, 7) is 3.10. The second-order valence-corrected chi connectivity index (χ2v) is 3.16. The molecule has 0 aliphatic rings. The average Bonchev–Trinajstić information content (AvgIpc) is 2.19. The van der Waals surface area contributed by atoms with E-state index < -0.39 is 11.7 Å². The SMILES string of the molecule is CC(=O)C(=O)N[C@H](C)c1ccccc1. The highest BCUT2D eigenvalue weighted by Crippen LogP contribution is 2.10. The van der Waals surface area contributed by atoms with Gasteiger partial charge in [0.25, 0.3) is 5.91 Å². The number of amides is 1. The van der Waals surface area contributed by atoms with E-state index in [9.17, 15) is 9.59 Å². The van der Waals surface area contributed by atoms with Gasteiger partial charge in [-0.25, -0.2) is 0 Å². The summed E-state index contributed by atoms with van der Waals surface area (Å²) in [5.41, 5.74) is 0.988. The zero-order valence-electron chi connectivity index (χ0n) is 8.28. The predicted molar refractivity (Wildman–Crippen MR) is 53.7 cm³/mol. The van der Waals surface area contributed by atoms with Crippen molar-refractivity contribution >= 4 is 11.7 Å². The minimum absolute atomic E-state index is 0.132. The molecule has 1 aromatic rings. The fraction of sp³-hybridized carbons (Fsp3) is 0.273. The van der Waals surface area contributed by atoms with Gasteiger partial charge >= 0.3 is 0 Å². The monoisotopic (exact) mass is 191 g/mol. The molecule has 0 bridgehead atoms. The Labute approximate surface area is 83.1 Å². The van der Waals surface area contributed by atoms with Gasteiger partial charge in [0.1, 0.15) is 0 Å². The van der Waals surface area contributed by atoms with E-state index in [2.05, 4.69) is 5.32 Å². The topological polar surface area (TPSA) is 46.2 Å². The van der Waals surface area contributed by atoms with Crippen molar-refractivity contribution in [2.75, 3.05) is 0 Å². The molecule has 74 valence electrons. The first-order chi connectivity index (χ1) is 6.61. The molecular weight excluding hydrogens is 178 g/mol. The van der Waals surface area contributed by atoms with Gasteiger partial charge in [-0.1, -0.05) is 30.3 Å². The Morgan fingerprint density at radius 1 is 1.21 bits per heavy atom. The largest absolute Gasteiger partial charge is 0.343 e. The summed E-state index contributed by atoms with van der Waals surface area (Å²) in [7, 11) is 0. The quantitative estimate of drug-likeness (QED) is 0.735. The van der Waals surface area contributed by atoms with Crippen molar-refractivity contribution in [3.05, 3.63) is 35.9 Å². The fourth-order valence-corrected chi connectivity index (χ4v) is 1.12. The van der Waals surface area contributed by atoms with Crippen LogP contribution in [-0.2, 0) is 9.59 Å². The second-order valence-electron chi connectivity index (χ2n) is 3.16. The van der Waals surface area contributed by atoms with Crippen molar-refractivity contribution in [1.82, 2.24) is 5.32 Å². The number of carbonyl (C=O) groups is 2. The highest BCUT2D eigenvalue weighted by atomic mass is 16.2. The summed E-state index contributed by atoms with van der Waals surface area (Å²) in [6, 6.07) is 9.38. The molecule has 0 aliphatic heterocycles. The number of nitrogens with one attached hydrogen (secondary N) is 1. The van der Waals surface area contributed by atoms with E-state index in [4.69, 9.17) is 0 Å². The highest BCUT2D eigenvalue weighted by Gasteiger charge is 2.11. The smallest absolute Gasteiger partial charge is 0.287 e. The van der Waals surface area contributed by atoms with Crippen LogP contribution in [0.2, 0.25) is 0 Å². The van der Waals surface area contributed by atoms with Crippen molar-refractivity contribution < 1.29 is 9.59 Å². The van der Waals surface area contributed by atoms with Gasteiger partial charge in [-0.15, -0.1) is 0 Å². The van der Waals surface area contributed by atoms with Gasteiger partial charge in [-0.05, 0) is 12.5 Å². The molecule has 1 atom stereocenters. The lowest BCUT2D eigenvalue weighted by Gasteiger charge is -2.12. The molecule has 3 nitrogen and oxygen atoms in total. The molecule has 0 unspecified atom stereocenters. The molecule has 0 aromatic heterocycles. The minimum atomic E-state index is -0.540. The van der Waals surface area contributed by atoms with E-state index in [1.807, 2.05) is 37.3 Å². The maximum absolute atomic E-state index is 11.1. The zero-order chi connectivity index (χ0) is 10.6. The molecule has 0 fully saturated rings. The van der Waals surface area contributed by atoms with Crippen LogP contribution in [0.3, 0.4) is 0 Å². The molecule has 1 N–H and O–H groups in total. The van der Waals surface area contributed by atoms with E-state index in [1.165, 1.54) is 6.92 Å². The molecule has 0 aliphatic carbocycles. The Kier molecular flexibility index (Phi) is 3.40. The first-order valence-corrected chi connectivity index (χ1v) is 4.47. The summed E-state index contributed by atoms with van der Waals surface area (Å²) in [6.07, 6.45) is 0. The Morgan fingerprint density at radius 3 is 2.29 bits per heavy atom. The molecule has 1 aromatic carbocycles. The van der Waals surface area contributed by atoms with E-state index in [0.717, 1.165) is 5.56 Å². The maximum Gasteiger partial charge on any atom is 0.287 e. The number of benzene rings is 1. The van der Waals surface area contributed by atoms with Crippen LogP contribution in [0.25, 0.3) is 0 Å². The Bertz CT molecular complexity index is 332. The van der Waals surface area contributed by atoms with Crippen LogP contribution < -0.4 is 5.32 Å². The van der Waals surface area contributed by atoms with Crippen LogP contribution in [0.4, 0.5) is 0 Å². The molecule has 3 heteroatoms. The molecular formula is C11H13NO2. The fourth-order valence-electron chi connectivity index (χ4n) is 1.12. The normalized spacial score (nSPS) is 11.9. The van der Waals surface area contributed by atoms with Crippen LogP contribution in [0, 0.1) is 0 Å². The minimum Gasteiger partial charge on any atom is -0.343 e. The number of hydrogen-bond donors (Lipinski definition) is 1.